The number of esters is 1. The fraction of sp³-hybridized carbons (Fsp3) is 0.565. The van der Waals surface area contributed by atoms with E-state index in [1.54, 1.807) is 7.11 Å². The number of carbonyl (C=O) groups excluding carboxylic acids is 3. The number of aromatic nitrogens is 3. The SMILES string of the molecule is CCn1c(-c2cc(C3CCN(C)CC3)cnc2[C@H](C)OC)c2c3cc(ccc31)-c1csc(n1)C[C@H](NC(=O)[C@@H]1CCC1C#N)C(=O)N1CCC[C@H](N1)C(=O)OCC(C)(C)C2. The summed E-state index contributed by atoms with van der Waals surface area (Å²) in [5.74, 6) is -1.46. The molecule has 2 N–H and O–H groups in total. The molecular formula is C46H58N8O5S. The molecule has 4 aromatic rings. The fourth-order valence-electron chi connectivity index (χ4n) is 9.44. The molecule has 1 unspecified atom stereocenters. The Morgan fingerprint density at radius 3 is 2.67 bits per heavy atom. The molecule has 318 valence electrons. The molecule has 60 heavy (non-hydrogen) atoms. The third kappa shape index (κ3) is 8.34. The third-order valence-corrected chi connectivity index (χ3v) is 14.1. The average Bonchev–Trinajstić information content (AvgIpc) is 3.83. The van der Waals surface area contributed by atoms with Crippen LogP contribution in [0.1, 0.15) is 100 Å². The lowest BCUT2D eigenvalue weighted by Gasteiger charge is -2.36. The van der Waals surface area contributed by atoms with E-state index in [0.717, 1.165) is 77.2 Å². The number of nitriles is 1. The van der Waals surface area contributed by atoms with E-state index in [0.29, 0.717) is 49.6 Å². The molecule has 1 aliphatic carbocycles. The molecule has 6 heterocycles. The Hall–Kier alpha value is -4.68. The van der Waals surface area contributed by atoms with Crippen LogP contribution in [-0.2, 0) is 43.2 Å². The molecule has 3 aromatic heterocycles. The first-order chi connectivity index (χ1) is 28.9. The minimum atomic E-state index is -0.936. The predicted octanol–water partition coefficient (Wildman–Crippen LogP) is 6.56. The van der Waals surface area contributed by atoms with Gasteiger partial charge in [-0.1, -0.05) is 19.9 Å². The lowest BCUT2D eigenvalue weighted by atomic mass is 9.74. The first-order valence-electron chi connectivity index (χ1n) is 21.6. The van der Waals surface area contributed by atoms with Crippen LogP contribution in [0.15, 0.2) is 35.8 Å². The molecular weight excluding hydrogens is 777 g/mol. The number of nitrogens with zero attached hydrogens (tertiary/aromatic N) is 6. The summed E-state index contributed by atoms with van der Waals surface area (Å²) in [6.45, 7) is 11.9. The van der Waals surface area contributed by atoms with Crippen molar-refractivity contribution in [3.8, 4) is 28.6 Å². The van der Waals surface area contributed by atoms with Crippen LogP contribution in [-0.4, -0.2) is 94.7 Å². The van der Waals surface area contributed by atoms with Gasteiger partial charge in [-0.25, -0.2) is 10.4 Å². The number of carbonyl (C=O) groups is 3. The number of methoxy groups -OCH3 is 1. The Balaban J connectivity index is 1.25. The number of hydrogen-bond acceptors (Lipinski definition) is 11. The maximum Gasteiger partial charge on any atom is 0.324 e. The van der Waals surface area contributed by atoms with E-state index >= 15 is 0 Å². The number of rotatable bonds is 7. The molecule has 5 atom stereocenters. The minimum Gasteiger partial charge on any atom is -0.464 e. The van der Waals surface area contributed by atoms with E-state index in [2.05, 4.69) is 91.5 Å². The van der Waals surface area contributed by atoms with Crippen molar-refractivity contribution in [3.05, 3.63) is 57.7 Å². The van der Waals surface area contributed by atoms with Crippen LogP contribution in [0.4, 0.5) is 0 Å². The number of aryl methyl sites for hydroxylation is 1. The first-order valence-corrected chi connectivity index (χ1v) is 22.5. The molecule has 0 spiro atoms. The highest BCUT2D eigenvalue weighted by Crippen LogP contribution is 2.43. The van der Waals surface area contributed by atoms with E-state index in [-0.39, 0.29) is 36.9 Å². The fourth-order valence-corrected chi connectivity index (χ4v) is 10.3. The molecule has 6 bridgehead atoms. The number of nitrogens with one attached hydrogen (secondary N) is 2. The van der Waals surface area contributed by atoms with Crippen molar-refractivity contribution in [2.75, 3.05) is 40.4 Å². The van der Waals surface area contributed by atoms with Crippen molar-refractivity contribution >= 4 is 40.0 Å². The Bertz CT molecular complexity index is 2300. The summed E-state index contributed by atoms with van der Waals surface area (Å²) in [6, 6.07) is 9.44. The molecule has 0 radical (unpaired) electrons. The lowest BCUT2D eigenvalue weighted by Crippen LogP contribution is -2.61. The van der Waals surface area contributed by atoms with Gasteiger partial charge in [0, 0.05) is 65.6 Å². The van der Waals surface area contributed by atoms with Crippen molar-refractivity contribution in [2.24, 2.45) is 17.3 Å². The number of benzene rings is 1. The van der Waals surface area contributed by atoms with Crippen molar-refractivity contribution in [1.29, 1.82) is 5.26 Å². The number of thiazole rings is 1. The maximum atomic E-state index is 14.2. The first kappa shape index (κ1) is 42.0. The van der Waals surface area contributed by atoms with E-state index in [1.807, 2.05) is 5.38 Å². The highest BCUT2D eigenvalue weighted by molar-refractivity contribution is 7.10. The monoisotopic (exact) mass is 834 g/mol. The molecule has 14 heteroatoms. The van der Waals surface area contributed by atoms with Gasteiger partial charge in [0.1, 0.15) is 12.1 Å². The average molecular weight is 835 g/mol. The molecule has 4 aliphatic rings. The summed E-state index contributed by atoms with van der Waals surface area (Å²) >= 11 is 1.45. The highest BCUT2D eigenvalue weighted by atomic mass is 32.1. The maximum absolute atomic E-state index is 14.2. The molecule has 2 amide bonds. The number of likely N-dealkylation sites (tertiary alicyclic amines) is 1. The summed E-state index contributed by atoms with van der Waals surface area (Å²) in [5.41, 5.74) is 10.9. The third-order valence-electron chi connectivity index (χ3n) is 13.2. The standard InChI is InChI=1S/C46H58N8O5S/c1-7-53-39-13-11-29-19-33(39)35(42(53)34-20-31(24-48-41(34)27(2)58-6)28-14-17-52(5)18-15-28)22-46(3,4)26-59-45(57)36-9-8-16-54(51-36)44(56)37(21-40-49-38(29)25-60-40)50-43(55)32-12-10-30(32)23-47/h11,13,19-20,24-25,27-28,30,32,36-37,51H,7-10,12,14-18,21-22,26H2,1-6H3,(H,50,55)/t27-,30?,32+,36-,37-/m0/s1. The second-order valence-corrected chi connectivity index (χ2v) is 19.0. The Labute approximate surface area is 356 Å². The second-order valence-electron chi connectivity index (χ2n) is 18.0. The topological polar surface area (TPSA) is 155 Å². The van der Waals surface area contributed by atoms with E-state index in [9.17, 15) is 19.6 Å². The highest BCUT2D eigenvalue weighted by Gasteiger charge is 2.40. The Morgan fingerprint density at radius 1 is 1.15 bits per heavy atom. The normalized spacial score (nSPS) is 24.6. The van der Waals surface area contributed by atoms with Gasteiger partial charge in [0.15, 0.2) is 0 Å². The quantitative estimate of drug-likeness (QED) is 0.196. The van der Waals surface area contributed by atoms with Crippen molar-refractivity contribution in [1.82, 2.24) is 35.2 Å². The van der Waals surface area contributed by atoms with Gasteiger partial charge in [-0.05, 0) is 114 Å². The van der Waals surface area contributed by atoms with Crippen LogP contribution in [0.25, 0.3) is 33.4 Å². The lowest BCUT2D eigenvalue weighted by molar-refractivity contribution is -0.155. The molecule has 1 saturated carbocycles. The van der Waals surface area contributed by atoms with Gasteiger partial charge in [-0.15, -0.1) is 11.3 Å². The summed E-state index contributed by atoms with van der Waals surface area (Å²) in [6.07, 6.45) is 7.13. The Morgan fingerprint density at radius 2 is 1.95 bits per heavy atom. The molecule has 1 aromatic carbocycles. The number of piperidine rings is 1. The van der Waals surface area contributed by atoms with E-state index in [1.165, 1.54) is 21.9 Å². The number of amides is 2. The number of cyclic esters (lactones) is 1. The van der Waals surface area contributed by atoms with Gasteiger partial charge < -0.3 is 24.3 Å². The molecule has 8 rings (SSSR count). The number of hydrogen-bond donors (Lipinski definition) is 2. The van der Waals surface area contributed by atoms with Crippen molar-refractivity contribution < 1.29 is 23.9 Å². The summed E-state index contributed by atoms with van der Waals surface area (Å²) in [4.78, 5) is 54.1. The van der Waals surface area contributed by atoms with Crippen LogP contribution >= 0.6 is 11.3 Å². The van der Waals surface area contributed by atoms with Gasteiger partial charge in [0.05, 0.1) is 52.7 Å². The Kier molecular flexibility index (Phi) is 12.2. The van der Waals surface area contributed by atoms with Crippen LogP contribution in [0.5, 0.6) is 0 Å². The summed E-state index contributed by atoms with van der Waals surface area (Å²) in [5, 5.41) is 17.8. The summed E-state index contributed by atoms with van der Waals surface area (Å²) in [7, 11) is 3.91. The van der Waals surface area contributed by atoms with Gasteiger partial charge in [0.25, 0.3) is 5.91 Å². The molecule has 3 aliphatic heterocycles. The van der Waals surface area contributed by atoms with E-state index in [4.69, 9.17) is 19.4 Å². The van der Waals surface area contributed by atoms with E-state index < -0.39 is 29.4 Å². The zero-order chi connectivity index (χ0) is 42.3. The van der Waals surface area contributed by atoms with Crippen LogP contribution in [0.2, 0.25) is 0 Å². The largest absolute Gasteiger partial charge is 0.464 e. The van der Waals surface area contributed by atoms with Crippen molar-refractivity contribution in [2.45, 2.75) is 110 Å². The molecule has 3 fully saturated rings. The van der Waals surface area contributed by atoms with Crippen LogP contribution < -0.4 is 10.7 Å². The number of hydrazine groups is 1. The van der Waals surface area contributed by atoms with Gasteiger partial charge in [0.2, 0.25) is 5.91 Å². The van der Waals surface area contributed by atoms with Gasteiger partial charge in [-0.3, -0.25) is 24.4 Å². The number of ether oxygens (including phenoxy) is 2. The second kappa shape index (κ2) is 17.4. The smallest absolute Gasteiger partial charge is 0.324 e. The predicted molar refractivity (Wildman–Crippen MR) is 231 cm³/mol. The zero-order valence-corrected chi connectivity index (χ0v) is 36.6. The van der Waals surface area contributed by atoms with Crippen LogP contribution in [0, 0.1) is 28.6 Å². The van der Waals surface area contributed by atoms with Crippen molar-refractivity contribution in [3.63, 3.8) is 0 Å². The summed E-state index contributed by atoms with van der Waals surface area (Å²) < 4.78 is 14.5. The number of pyridine rings is 1. The molecule has 13 nitrogen and oxygen atoms in total. The van der Waals surface area contributed by atoms with Crippen LogP contribution in [0.3, 0.4) is 0 Å². The molecule has 2 saturated heterocycles. The minimum absolute atomic E-state index is 0.167. The zero-order valence-electron chi connectivity index (χ0n) is 35.8. The number of fused-ring (bicyclic) bond motifs is 6. The van der Waals surface area contributed by atoms with Gasteiger partial charge in [-0.2, -0.15) is 5.26 Å². The van der Waals surface area contributed by atoms with Gasteiger partial charge >= 0.3 is 5.97 Å².